The molecule has 0 aromatic carbocycles. The predicted molar refractivity (Wildman–Crippen MR) is 47.7 cm³/mol. The molecule has 1 unspecified atom stereocenters. The largest absolute Gasteiger partial charge is 0.381 e. The van der Waals surface area contributed by atoms with Crippen LogP contribution in [0.4, 0.5) is 0 Å². The Morgan fingerprint density at radius 1 is 1.25 bits per heavy atom. The standard InChI is InChI=1S/C7H13ClO3S/c1-5-3-11-4-6(2)7(5)12(8,9)10/h5-7H,3-4H2,1-2H3/t5-,6+,7?. The van der Waals surface area contributed by atoms with Crippen molar-refractivity contribution >= 4 is 19.7 Å². The zero-order valence-electron chi connectivity index (χ0n) is 7.16. The fourth-order valence-corrected chi connectivity index (χ4v) is 4.07. The Hall–Kier alpha value is 0.200. The van der Waals surface area contributed by atoms with Gasteiger partial charge in [-0.2, -0.15) is 0 Å². The first kappa shape index (κ1) is 10.3. The summed E-state index contributed by atoms with van der Waals surface area (Å²) in [7, 11) is 1.89. The Morgan fingerprint density at radius 2 is 1.67 bits per heavy atom. The lowest BCUT2D eigenvalue weighted by molar-refractivity contribution is 0.0307. The zero-order valence-corrected chi connectivity index (χ0v) is 8.73. The van der Waals surface area contributed by atoms with E-state index in [1.807, 2.05) is 13.8 Å². The van der Waals surface area contributed by atoms with Crippen LogP contribution in [0.15, 0.2) is 0 Å². The van der Waals surface area contributed by atoms with E-state index in [9.17, 15) is 8.42 Å². The number of hydrogen-bond donors (Lipinski definition) is 0. The summed E-state index contributed by atoms with van der Waals surface area (Å²) in [6, 6.07) is 0. The van der Waals surface area contributed by atoms with Crippen molar-refractivity contribution in [2.75, 3.05) is 13.2 Å². The Bertz CT molecular complexity index is 239. The molecule has 1 aliphatic rings. The summed E-state index contributed by atoms with van der Waals surface area (Å²) < 4.78 is 27.4. The van der Waals surface area contributed by atoms with E-state index in [0.717, 1.165) is 0 Å². The summed E-state index contributed by atoms with van der Waals surface area (Å²) in [6.07, 6.45) is 0. The average Bonchev–Trinajstić information content (AvgIpc) is 1.82. The fraction of sp³-hybridized carbons (Fsp3) is 1.00. The third-order valence-corrected chi connectivity index (χ3v) is 4.40. The van der Waals surface area contributed by atoms with Crippen LogP contribution in [0, 0.1) is 11.8 Å². The summed E-state index contributed by atoms with van der Waals surface area (Å²) in [4.78, 5) is 0. The van der Waals surface area contributed by atoms with Gasteiger partial charge >= 0.3 is 0 Å². The van der Waals surface area contributed by atoms with Gasteiger partial charge in [-0.1, -0.05) is 13.8 Å². The third-order valence-electron chi connectivity index (χ3n) is 2.21. The van der Waals surface area contributed by atoms with Crippen LogP contribution < -0.4 is 0 Å². The second-order valence-electron chi connectivity index (χ2n) is 3.43. The van der Waals surface area contributed by atoms with E-state index >= 15 is 0 Å². The van der Waals surface area contributed by atoms with Crippen LogP contribution in [0.2, 0.25) is 0 Å². The van der Waals surface area contributed by atoms with Crippen LogP contribution in [0.1, 0.15) is 13.8 Å². The molecular formula is C7H13ClO3S. The van der Waals surface area contributed by atoms with Crippen molar-refractivity contribution in [1.29, 1.82) is 0 Å². The van der Waals surface area contributed by atoms with Crippen LogP contribution in [-0.4, -0.2) is 26.9 Å². The molecule has 72 valence electrons. The number of halogens is 1. The maximum atomic E-state index is 11.1. The van der Waals surface area contributed by atoms with Gasteiger partial charge in [0, 0.05) is 10.7 Å². The van der Waals surface area contributed by atoms with E-state index in [1.165, 1.54) is 0 Å². The number of ether oxygens (including phenoxy) is 1. The molecule has 1 saturated heterocycles. The van der Waals surface area contributed by atoms with Gasteiger partial charge in [0.1, 0.15) is 0 Å². The Kier molecular flexibility index (Phi) is 3.01. The summed E-state index contributed by atoms with van der Waals surface area (Å²) >= 11 is 0. The maximum absolute atomic E-state index is 11.1. The predicted octanol–water partition coefficient (Wildman–Crippen LogP) is 1.23. The highest BCUT2D eigenvalue weighted by atomic mass is 35.7. The molecule has 1 aliphatic heterocycles. The van der Waals surface area contributed by atoms with Gasteiger partial charge in [-0.15, -0.1) is 0 Å². The van der Waals surface area contributed by atoms with Gasteiger partial charge in [0.05, 0.1) is 18.5 Å². The van der Waals surface area contributed by atoms with Gasteiger partial charge in [0.15, 0.2) is 0 Å². The number of hydrogen-bond acceptors (Lipinski definition) is 3. The first-order valence-corrected chi connectivity index (χ1v) is 6.31. The lowest BCUT2D eigenvalue weighted by Gasteiger charge is -2.31. The first-order valence-electron chi connectivity index (χ1n) is 3.94. The van der Waals surface area contributed by atoms with Gasteiger partial charge < -0.3 is 4.74 Å². The highest BCUT2D eigenvalue weighted by Gasteiger charge is 2.37. The van der Waals surface area contributed by atoms with Crippen molar-refractivity contribution in [1.82, 2.24) is 0 Å². The van der Waals surface area contributed by atoms with E-state index in [1.54, 1.807) is 0 Å². The van der Waals surface area contributed by atoms with Crippen molar-refractivity contribution < 1.29 is 13.2 Å². The van der Waals surface area contributed by atoms with Crippen molar-refractivity contribution in [3.05, 3.63) is 0 Å². The SMILES string of the molecule is C[C@@H]1COC[C@H](C)C1S(=O)(=O)Cl. The Labute approximate surface area is 77.5 Å². The molecule has 0 aromatic heterocycles. The molecule has 0 aromatic rings. The van der Waals surface area contributed by atoms with E-state index < -0.39 is 14.3 Å². The monoisotopic (exact) mass is 212 g/mol. The highest BCUT2D eigenvalue weighted by molar-refractivity contribution is 8.14. The van der Waals surface area contributed by atoms with Gasteiger partial charge in [0.2, 0.25) is 9.05 Å². The molecule has 3 nitrogen and oxygen atoms in total. The zero-order chi connectivity index (χ0) is 9.35. The van der Waals surface area contributed by atoms with Crippen LogP contribution >= 0.6 is 10.7 Å². The fourth-order valence-electron chi connectivity index (χ4n) is 1.75. The molecule has 1 fully saturated rings. The van der Waals surface area contributed by atoms with E-state index in [-0.39, 0.29) is 11.8 Å². The molecule has 0 amide bonds. The summed E-state index contributed by atoms with van der Waals surface area (Å²) in [5.74, 6) is -0.00694. The molecule has 12 heavy (non-hydrogen) atoms. The molecule has 5 heteroatoms. The quantitative estimate of drug-likeness (QED) is 0.614. The third kappa shape index (κ3) is 2.12. The number of rotatable bonds is 1. The second kappa shape index (κ2) is 3.52. The first-order chi connectivity index (χ1) is 5.43. The van der Waals surface area contributed by atoms with Gasteiger partial charge in [-0.3, -0.25) is 0 Å². The normalized spacial score (nSPS) is 38.1. The van der Waals surface area contributed by atoms with E-state index in [4.69, 9.17) is 15.4 Å². The topological polar surface area (TPSA) is 43.4 Å². The van der Waals surface area contributed by atoms with Crippen LogP contribution in [0.5, 0.6) is 0 Å². The van der Waals surface area contributed by atoms with Crippen molar-refractivity contribution in [3.63, 3.8) is 0 Å². The van der Waals surface area contributed by atoms with Gasteiger partial charge in [-0.25, -0.2) is 8.42 Å². The molecule has 0 saturated carbocycles. The minimum absolute atomic E-state index is 0.00347. The van der Waals surface area contributed by atoms with E-state index in [2.05, 4.69) is 0 Å². The molecule has 1 rings (SSSR count). The molecule has 0 bridgehead atoms. The minimum atomic E-state index is -3.43. The molecule has 0 N–H and O–H groups in total. The van der Waals surface area contributed by atoms with Crippen molar-refractivity contribution in [2.45, 2.75) is 19.1 Å². The summed E-state index contributed by atoms with van der Waals surface area (Å²) in [5.41, 5.74) is 0. The molecule has 1 heterocycles. The Morgan fingerprint density at radius 3 is 1.92 bits per heavy atom. The van der Waals surface area contributed by atoms with Crippen molar-refractivity contribution in [3.8, 4) is 0 Å². The second-order valence-corrected chi connectivity index (χ2v) is 6.22. The van der Waals surface area contributed by atoms with E-state index in [0.29, 0.717) is 13.2 Å². The molecular weight excluding hydrogens is 200 g/mol. The lowest BCUT2D eigenvalue weighted by Crippen LogP contribution is -2.40. The molecule has 0 spiro atoms. The van der Waals surface area contributed by atoms with Gasteiger partial charge in [-0.05, 0) is 11.8 Å². The minimum Gasteiger partial charge on any atom is -0.381 e. The van der Waals surface area contributed by atoms with Crippen LogP contribution in [0.25, 0.3) is 0 Å². The van der Waals surface area contributed by atoms with Crippen molar-refractivity contribution in [2.24, 2.45) is 11.8 Å². The maximum Gasteiger partial charge on any atom is 0.236 e. The average molecular weight is 213 g/mol. The highest BCUT2D eigenvalue weighted by Crippen LogP contribution is 2.28. The lowest BCUT2D eigenvalue weighted by atomic mass is 9.95. The van der Waals surface area contributed by atoms with Crippen LogP contribution in [-0.2, 0) is 13.8 Å². The molecule has 0 aliphatic carbocycles. The summed E-state index contributed by atoms with van der Waals surface area (Å²) in [5, 5.41) is -0.451. The van der Waals surface area contributed by atoms with Gasteiger partial charge in [0.25, 0.3) is 0 Å². The molecule has 0 radical (unpaired) electrons. The smallest absolute Gasteiger partial charge is 0.236 e. The Balaban J connectivity index is 2.84. The van der Waals surface area contributed by atoms with Crippen LogP contribution in [0.3, 0.4) is 0 Å². The summed E-state index contributed by atoms with van der Waals surface area (Å²) in [6.45, 7) is 4.67. The molecule has 3 atom stereocenters.